The van der Waals surface area contributed by atoms with Crippen molar-refractivity contribution >= 4 is 11.7 Å². The Morgan fingerprint density at radius 2 is 2.03 bits per heavy atom. The van der Waals surface area contributed by atoms with E-state index in [0.29, 0.717) is 18.4 Å². The molecule has 0 radical (unpaired) electrons. The second-order valence-corrected chi connectivity index (χ2v) is 7.26. The second-order valence-electron chi connectivity index (χ2n) is 7.26. The van der Waals surface area contributed by atoms with Gasteiger partial charge in [0.2, 0.25) is 11.1 Å². The van der Waals surface area contributed by atoms with Crippen LogP contribution in [0, 0.1) is 6.57 Å². The van der Waals surface area contributed by atoms with Crippen molar-refractivity contribution in [2.45, 2.75) is 43.8 Å². The number of hydrogen-bond acceptors (Lipinski definition) is 4. The van der Waals surface area contributed by atoms with Crippen molar-refractivity contribution in [3.8, 4) is 5.75 Å². The van der Waals surface area contributed by atoms with Crippen LogP contribution in [0.3, 0.4) is 0 Å². The third kappa shape index (κ3) is 3.75. The molecule has 1 aromatic carbocycles. The van der Waals surface area contributed by atoms with Gasteiger partial charge in [0.05, 0.1) is 5.56 Å². The first kappa shape index (κ1) is 21.4. The van der Waals surface area contributed by atoms with Crippen molar-refractivity contribution in [1.29, 1.82) is 0 Å². The van der Waals surface area contributed by atoms with Gasteiger partial charge in [-0.25, -0.2) is 0 Å². The van der Waals surface area contributed by atoms with Gasteiger partial charge in [-0.15, -0.1) is 0 Å². The molecule has 1 fully saturated rings. The molecule has 0 aliphatic heterocycles. The minimum Gasteiger partial charge on any atom is -0.514 e. The summed E-state index contributed by atoms with van der Waals surface area (Å²) in [4.78, 5) is 27.3. The Labute approximate surface area is 170 Å². The highest BCUT2D eigenvalue weighted by molar-refractivity contribution is 5.92. The first-order valence-corrected chi connectivity index (χ1v) is 9.24. The van der Waals surface area contributed by atoms with E-state index in [1.165, 1.54) is 13.1 Å². The monoisotopic (exact) mass is 420 g/mol. The van der Waals surface area contributed by atoms with Gasteiger partial charge in [-0.05, 0) is 24.5 Å². The minimum atomic E-state index is -4.50. The lowest BCUT2D eigenvalue weighted by molar-refractivity contribution is -0.137. The summed E-state index contributed by atoms with van der Waals surface area (Å²) < 4.78 is 40.8. The van der Waals surface area contributed by atoms with Crippen molar-refractivity contribution in [1.82, 2.24) is 15.1 Å². The van der Waals surface area contributed by atoms with Crippen molar-refractivity contribution in [3.63, 3.8) is 0 Å². The van der Waals surface area contributed by atoms with Gasteiger partial charge in [0.1, 0.15) is 6.54 Å². The molecule has 158 valence electrons. The number of amides is 1. The molecule has 7 nitrogen and oxygen atoms in total. The summed E-state index contributed by atoms with van der Waals surface area (Å²) in [5.41, 5.74) is -2.78. The molecule has 0 bridgehead atoms. The van der Waals surface area contributed by atoms with E-state index >= 15 is 0 Å². The molecule has 10 heteroatoms. The summed E-state index contributed by atoms with van der Waals surface area (Å²) in [6.07, 6.45) is -1.90. The molecule has 0 atom stereocenters. The number of carbonyl (C=O) groups excluding carboxylic acids is 1. The van der Waals surface area contributed by atoms with Gasteiger partial charge >= 0.3 is 6.18 Å². The smallest absolute Gasteiger partial charge is 0.416 e. The number of alkyl halides is 3. The number of benzene rings is 1. The van der Waals surface area contributed by atoms with Crippen molar-refractivity contribution in [2.75, 3.05) is 7.05 Å². The predicted octanol–water partition coefficient (Wildman–Crippen LogP) is 3.39. The molecule has 1 saturated carbocycles. The van der Waals surface area contributed by atoms with E-state index in [0.717, 1.165) is 29.7 Å². The topological polar surface area (TPSA) is 88.6 Å². The van der Waals surface area contributed by atoms with Crippen LogP contribution in [0.25, 0.3) is 4.85 Å². The van der Waals surface area contributed by atoms with E-state index in [9.17, 15) is 27.9 Å². The average molecular weight is 420 g/mol. The Morgan fingerprint density at radius 3 is 2.60 bits per heavy atom. The van der Waals surface area contributed by atoms with Gasteiger partial charge in [-0.2, -0.15) is 17.9 Å². The molecule has 1 amide bonds. The zero-order chi connectivity index (χ0) is 22.1. The molecule has 30 heavy (non-hydrogen) atoms. The molecule has 3 rings (SSSR count). The number of aromatic hydroxyl groups is 1. The standard InChI is InChI=1S/C20H19F3N4O3/c1-24-17-16(29)15(28)14(18(30)25-2)26-27(17)11-19(8-3-4-9-19)12-6-5-7-13(10-12)20(21,22)23/h5-7,10,29H,3-4,8-9,11H2,2H3,(H,25,30). The van der Waals surface area contributed by atoms with Crippen LogP contribution in [0.15, 0.2) is 29.1 Å². The zero-order valence-electron chi connectivity index (χ0n) is 16.1. The number of nitrogens with one attached hydrogen (secondary N) is 1. The van der Waals surface area contributed by atoms with E-state index in [1.54, 1.807) is 6.07 Å². The normalized spacial score (nSPS) is 15.6. The summed E-state index contributed by atoms with van der Waals surface area (Å²) in [5.74, 6) is -2.19. The minimum absolute atomic E-state index is 0.0517. The SMILES string of the molecule is [C-]#[N+]c1c(O)c(=O)c(C(=O)NC)nn1CC1(c2cccc(C(F)(F)F)c2)CCCC1. The van der Waals surface area contributed by atoms with Crippen LogP contribution in [0.4, 0.5) is 19.0 Å². The van der Waals surface area contributed by atoms with E-state index in [4.69, 9.17) is 6.57 Å². The molecule has 0 saturated heterocycles. The Kier molecular flexibility index (Phi) is 5.57. The zero-order valence-corrected chi connectivity index (χ0v) is 16.1. The molecule has 1 aromatic heterocycles. The number of halogens is 3. The van der Waals surface area contributed by atoms with Crippen LogP contribution in [-0.2, 0) is 18.1 Å². The van der Waals surface area contributed by atoms with Crippen LogP contribution in [0.5, 0.6) is 5.75 Å². The molecule has 1 heterocycles. The molecule has 2 N–H and O–H groups in total. The molecular weight excluding hydrogens is 401 g/mol. The Hall–Kier alpha value is -3.35. The fourth-order valence-corrected chi connectivity index (χ4v) is 3.94. The third-order valence-corrected chi connectivity index (χ3v) is 5.47. The van der Waals surface area contributed by atoms with Crippen LogP contribution in [0.2, 0.25) is 0 Å². The van der Waals surface area contributed by atoms with Crippen molar-refractivity contribution in [3.05, 3.63) is 62.7 Å². The van der Waals surface area contributed by atoms with E-state index in [-0.39, 0.29) is 6.54 Å². The Balaban J connectivity index is 2.15. The van der Waals surface area contributed by atoms with Gasteiger partial charge in [0, 0.05) is 12.5 Å². The Morgan fingerprint density at radius 1 is 1.37 bits per heavy atom. The number of carbonyl (C=O) groups is 1. The maximum absolute atomic E-state index is 13.2. The largest absolute Gasteiger partial charge is 0.514 e. The highest BCUT2D eigenvalue weighted by Crippen LogP contribution is 2.44. The molecule has 2 aromatic rings. The number of aromatic nitrogens is 2. The molecule has 0 spiro atoms. The molecule has 1 aliphatic rings. The van der Waals surface area contributed by atoms with Crippen LogP contribution in [0.1, 0.15) is 47.3 Å². The van der Waals surface area contributed by atoms with Gasteiger partial charge in [0.15, 0.2) is 5.75 Å². The maximum Gasteiger partial charge on any atom is 0.416 e. The van der Waals surface area contributed by atoms with Crippen molar-refractivity contribution < 1.29 is 23.1 Å². The van der Waals surface area contributed by atoms with Crippen LogP contribution < -0.4 is 10.7 Å². The number of hydrogen-bond donors (Lipinski definition) is 2. The molecule has 1 aliphatic carbocycles. The fourth-order valence-electron chi connectivity index (χ4n) is 3.94. The summed E-state index contributed by atoms with van der Waals surface area (Å²) in [6.45, 7) is 7.27. The van der Waals surface area contributed by atoms with E-state index < -0.39 is 45.8 Å². The second kappa shape index (κ2) is 7.82. The quantitative estimate of drug-likeness (QED) is 0.743. The fraction of sp³-hybridized carbons (Fsp3) is 0.400. The van der Waals surface area contributed by atoms with E-state index in [2.05, 4.69) is 15.3 Å². The molecular formula is C20H19F3N4O3. The number of nitrogens with zero attached hydrogens (tertiary/aromatic N) is 3. The average Bonchev–Trinajstić information content (AvgIpc) is 3.19. The van der Waals surface area contributed by atoms with Gasteiger partial charge < -0.3 is 15.3 Å². The maximum atomic E-state index is 13.2. The van der Waals surface area contributed by atoms with Gasteiger partial charge in [-0.1, -0.05) is 42.7 Å². The van der Waals surface area contributed by atoms with Crippen LogP contribution in [-0.4, -0.2) is 27.8 Å². The lowest BCUT2D eigenvalue weighted by atomic mass is 9.78. The highest BCUT2D eigenvalue weighted by atomic mass is 19.4. The molecule has 0 unspecified atom stereocenters. The summed E-state index contributed by atoms with van der Waals surface area (Å²) in [6, 6.07) is 5.01. The predicted molar refractivity (Wildman–Crippen MR) is 101 cm³/mol. The lowest BCUT2D eigenvalue weighted by Crippen LogP contribution is -2.34. The van der Waals surface area contributed by atoms with E-state index in [1.807, 2.05) is 0 Å². The highest BCUT2D eigenvalue weighted by Gasteiger charge is 2.41. The van der Waals surface area contributed by atoms with Gasteiger partial charge in [-0.3, -0.25) is 9.59 Å². The summed E-state index contributed by atoms with van der Waals surface area (Å²) >= 11 is 0. The Bertz CT molecular complexity index is 1080. The summed E-state index contributed by atoms with van der Waals surface area (Å²) in [5, 5.41) is 16.4. The van der Waals surface area contributed by atoms with Gasteiger partial charge in [0.25, 0.3) is 11.7 Å². The third-order valence-electron chi connectivity index (χ3n) is 5.47. The first-order valence-electron chi connectivity index (χ1n) is 9.24. The van der Waals surface area contributed by atoms with Crippen molar-refractivity contribution in [2.24, 2.45) is 0 Å². The van der Waals surface area contributed by atoms with Crippen LogP contribution >= 0.6 is 0 Å². The first-order chi connectivity index (χ1) is 14.1. The number of rotatable bonds is 4. The summed E-state index contributed by atoms with van der Waals surface area (Å²) in [7, 11) is 1.29. The lowest BCUT2D eigenvalue weighted by Gasteiger charge is -2.29.